The van der Waals surface area contributed by atoms with Crippen LogP contribution in [0.3, 0.4) is 0 Å². The van der Waals surface area contributed by atoms with Gasteiger partial charge in [0.05, 0.1) is 23.5 Å². The first kappa shape index (κ1) is 22.9. The Kier molecular flexibility index (Phi) is 6.62. The Hall–Kier alpha value is -2.82. The first-order valence-electron chi connectivity index (χ1n) is 12.0. The molecule has 6 nitrogen and oxygen atoms in total. The van der Waals surface area contributed by atoms with Gasteiger partial charge >= 0.3 is 0 Å². The smallest absolute Gasteiger partial charge is 0.174 e. The Morgan fingerprint density at radius 3 is 2.65 bits per heavy atom. The highest BCUT2D eigenvalue weighted by Crippen LogP contribution is 2.42. The third kappa shape index (κ3) is 4.84. The van der Waals surface area contributed by atoms with Crippen LogP contribution in [-0.4, -0.2) is 31.6 Å². The number of benzene rings is 1. The van der Waals surface area contributed by atoms with E-state index in [9.17, 15) is 4.79 Å². The molecule has 1 aromatic heterocycles. The van der Waals surface area contributed by atoms with E-state index in [0.29, 0.717) is 31.5 Å². The fraction of sp³-hybridized carbons (Fsp3) is 0.481. The van der Waals surface area contributed by atoms with E-state index in [1.807, 2.05) is 25.1 Å². The largest absolute Gasteiger partial charge is 0.493 e. The van der Waals surface area contributed by atoms with Gasteiger partial charge in [0.15, 0.2) is 17.7 Å². The molecule has 1 aromatic carbocycles. The fourth-order valence-electron chi connectivity index (χ4n) is 4.87. The van der Waals surface area contributed by atoms with Crippen molar-refractivity contribution in [3.05, 3.63) is 40.8 Å². The van der Waals surface area contributed by atoms with Gasteiger partial charge in [-0.15, -0.1) is 11.3 Å². The lowest BCUT2D eigenvalue weighted by atomic mass is 9.69. The van der Waals surface area contributed by atoms with Gasteiger partial charge in [-0.1, -0.05) is 17.9 Å². The van der Waals surface area contributed by atoms with Crippen molar-refractivity contribution in [2.45, 2.75) is 76.0 Å². The number of thiophene rings is 1. The summed E-state index contributed by atoms with van der Waals surface area (Å²) >= 11 is 1.57. The Balaban J connectivity index is 1.45. The highest BCUT2D eigenvalue weighted by molar-refractivity contribution is 7.16. The molecule has 0 N–H and O–H groups in total. The van der Waals surface area contributed by atoms with Crippen molar-refractivity contribution in [2.75, 3.05) is 12.2 Å². The van der Waals surface area contributed by atoms with Crippen LogP contribution in [0.25, 0.3) is 0 Å². The number of anilines is 1. The summed E-state index contributed by atoms with van der Waals surface area (Å²) in [5, 5.41) is 2.63. The third-order valence-electron chi connectivity index (χ3n) is 6.85. The monoisotopic (exact) mass is 478 g/mol. The normalized spacial score (nSPS) is 22.0. The summed E-state index contributed by atoms with van der Waals surface area (Å²) in [5.74, 6) is 8.82. The van der Waals surface area contributed by atoms with Crippen molar-refractivity contribution in [3.63, 3.8) is 0 Å². The summed E-state index contributed by atoms with van der Waals surface area (Å²) in [6.07, 6.45) is 8.87. The van der Waals surface area contributed by atoms with Crippen LogP contribution in [0.2, 0.25) is 0 Å². The van der Waals surface area contributed by atoms with E-state index in [4.69, 9.17) is 14.3 Å². The maximum absolute atomic E-state index is 12.1. The predicted molar refractivity (Wildman–Crippen MR) is 134 cm³/mol. The number of nitrogens with zero attached hydrogens (tertiary/aromatic N) is 2. The molecule has 0 amide bonds. The van der Waals surface area contributed by atoms with Gasteiger partial charge in [0, 0.05) is 12.8 Å². The van der Waals surface area contributed by atoms with Gasteiger partial charge in [0.1, 0.15) is 17.1 Å². The van der Waals surface area contributed by atoms with E-state index in [1.165, 1.54) is 12.8 Å². The van der Waals surface area contributed by atoms with Gasteiger partial charge < -0.3 is 9.47 Å². The predicted octanol–water partition coefficient (Wildman–Crippen LogP) is 5.64. The lowest BCUT2D eigenvalue weighted by Gasteiger charge is -2.33. The van der Waals surface area contributed by atoms with Crippen molar-refractivity contribution in [2.24, 2.45) is 4.99 Å². The summed E-state index contributed by atoms with van der Waals surface area (Å²) < 4.78 is 12.0. The molecule has 2 fully saturated rings. The number of methoxy groups -OCH3 is 1. The number of hydrogen-bond donors (Lipinski definition) is 0. The van der Waals surface area contributed by atoms with E-state index in [0.717, 1.165) is 39.8 Å². The summed E-state index contributed by atoms with van der Waals surface area (Å²) in [5.41, 5.74) is 0.708. The first-order valence-corrected chi connectivity index (χ1v) is 12.9. The molecule has 178 valence electrons. The van der Waals surface area contributed by atoms with Crippen LogP contribution in [0.5, 0.6) is 11.5 Å². The van der Waals surface area contributed by atoms with Crippen LogP contribution in [0.15, 0.2) is 35.3 Å². The fourth-order valence-corrected chi connectivity index (χ4v) is 5.65. The lowest BCUT2D eigenvalue weighted by Crippen LogP contribution is -2.30. The highest BCUT2D eigenvalue weighted by Gasteiger charge is 2.36. The van der Waals surface area contributed by atoms with Gasteiger partial charge in [-0.2, -0.15) is 5.06 Å². The summed E-state index contributed by atoms with van der Waals surface area (Å²) in [4.78, 5) is 23.0. The second kappa shape index (κ2) is 9.81. The minimum atomic E-state index is -0.391. The van der Waals surface area contributed by atoms with Gasteiger partial charge in [-0.05, 0) is 75.3 Å². The van der Waals surface area contributed by atoms with Crippen molar-refractivity contribution in [1.82, 2.24) is 0 Å². The Labute approximate surface area is 204 Å². The SMILES string of the molecule is COc1ccc(C2(C#Cc3ccc(N4C=NC(C)O4)s3)CCC(=O)CC2)cc1OC1CCCC1. The molecular weight excluding hydrogens is 448 g/mol. The summed E-state index contributed by atoms with van der Waals surface area (Å²) in [6.45, 7) is 1.90. The number of ether oxygens (including phenoxy) is 2. The minimum absolute atomic E-state index is 0.171. The average molecular weight is 479 g/mol. The number of rotatable bonds is 5. The minimum Gasteiger partial charge on any atom is -0.493 e. The molecule has 2 aliphatic carbocycles. The maximum Gasteiger partial charge on any atom is 0.174 e. The molecule has 0 saturated heterocycles. The summed E-state index contributed by atoms with van der Waals surface area (Å²) in [6, 6.07) is 10.2. The second-order valence-electron chi connectivity index (χ2n) is 9.19. The van der Waals surface area contributed by atoms with Crippen molar-refractivity contribution in [1.29, 1.82) is 0 Å². The van der Waals surface area contributed by atoms with Crippen LogP contribution in [0.1, 0.15) is 68.7 Å². The number of carbonyl (C=O) groups is 1. The molecule has 2 saturated carbocycles. The molecule has 3 aliphatic rings. The van der Waals surface area contributed by atoms with Gasteiger partial charge in [-0.25, -0.2) is 9.83 Å². The quantitative estimate of drug-likeness (QED) is 0.521. The van der Waals surface area contributed by atoms with Crippen LogP contribution >= 0.6 is 11.3 Å². The number of aliphatic imine (C=N–C) groups is 1. The number of hydrogen-bond acceptors (Lipinski definition) is 7. The molecule has 1 aliphatic heterocycles. The topological polar surface area (TPSA) is 60.4 Å². The van der Waals surface area contributed by atoms with E-state index in [-0.39, 0.29) is 12.3 Å². The molecule has 34 heavy (non-hydrogen) atoms. The molecule has 0 bridgehead atoms. The van der Waals surface area contributed by atoms with Gasteiger partial charge in [0.2, 0.25) is 0 Å². The van der Waals surface area contributed by atoms with Crippen molar-refractivity contribution >= 4 is 28.5 Å². The van der Waals surface area contributed by atoms with E-state index in [1.54, 1.807) is 29.8 Å². The van der Waals surface area contributed by atoms with Gasteiger partial charge in [0.25, 0.3) is 0 Å². The highest BCUT2D eigenvalue weighted by atomic mass is 32.1. The zero-order valence-electron chi connectivity index (χ0n) is 19.7. The molecule has 5 rings (SSSR count). The van der Waals surface area contributed by atoms with Crippen LogP contribution in [-0.2, 0) is 15.0 Å². The Bertz CT molecular complexity index is 1130. The molecular formula is C27H30N2O4S. The molecule has 0 spiro atoms. The van der Waals surface area contributed by atoms with Crippen LogP contribution in [0, 0.1) is 11.8 Å². The first-order chi connectivity index (χ1) is 16.5. The molecule has 7 heteroatoms. The molecule has 2 heterocycles. The maximum atomic E-state index is 12.1. The standard InChI is InChI=1S/C27H30N2O4S/c1-19-28-18-29(33-19)26-10-8-23(34-26)13-16-27(14-11-21(30)12-15-27)20-7-9-24(31-2)25(17-20)32-22-5-3-4-6-22/h7-10,17-19,22H,3-6,11-12,14-15H2,1-2H3. The number of carbonyl (C=O) groups excluding carboxylic acids is 1. The van der Waals surface area contributed by atoms with Crippen LogP contribution in [0.4, 0.5) is 5.00 Å². The Morgan fingerprint density at radius 1 is 1.15 bits per heavy atom. The number of Topliss-reactive ketones (excluding diaryl/α,β-unsaturated/α-hetero) is 1. The van der Waals surface area contributed by atoms with Crippen molar-refractivity contribution in [3.8, 4) is 23.3 Å². The third-order valence-corrected chi connectivity index (χ3v) is 7.84. The number of hydroxylamine groups is 1. The molecule has 2 aromatic rings. The van der Waals surface area contributed by atoms with Crippen LogP contribution < -0.4 is 14.5 Å². The zero-order chi connectivity index (χ0) is 23.5. The number of ketones is 1. The molecule has 1 atom stereocenters. The average Bonchev–Trinajstić information content (AvgIpc) is 3.61. The summed E-state index contributed by atoms with van der Waals surface area (Å²) in [7, 11) is 1.68. The van der Waals surface area contributed by atoms with Gasteiger partial charge in [-0.3, -0.25) is 4.79 Å². The Morgan fingerprint density at radius 2 is 1.94 bits per heavy atom. The van der Waals surface area contributed by atoms with E-state index in [2.05, 4.69) is 29.0 Å². The molecule has 0 radical (unpaired) electrons. The van der Waals surface area contributed by atoms with Crippen molar-refractivity contribution < 1.29 is 19.1 Å². The van der Waals surface area contributed by atoms with E-state index < -0.39 is 5.41 Å². The second-order valence-corrected chi connectivity index (χ2v) is 10.3. The lowest BCUT2D eigenvalue weighted by molar-refractivity contribution is -0.120. The van der Waals surface area contributed by atoms with E-state index >= 15 is 0 Å². The molecule has 1 unspecified atom stereocenters. The zero-order valence-corrected chi connectivity index (χ0v) is 20.5.